The van der Waals surface area contributed by atoms with Crippen LogP contribution in [0.25, 0.3) is 21.9 Å². The van der Waals surface area contributed by atoms with Gasteiger partial charge >= 0.3 is 0 Å². The molecular weight excluding hydrogens is 376 g/mol. The minimum absolute atomic E-state index is 0.0825. The van der Waals surface area contributed by atoms with E-state index in [2.05, 4.69) is 56.5 Å². The van der Waals surface area contributed by atoms with Gasteiger partial charge in [-0.3, -0.25) is 9.67 Å². The predicted octanol–water partition coefficient (Wildman–Crippen LogP) is 5.57. The van der Waals surface area contributed by atoms with E-state index in [0.29, 0.717) is 17.3 Å². The van der Waals surface area contributed by atoms with E-state index in [1.54, 1.807) is 6.20 Å². The summed E-state index contributed by atoms with van der Waals surface area (Å²) in [5, 5.41) is 12.8. The molecular formula is C22H24N8. The van der Waals surface area contributed by atoms with Gasteiger partial charge in [0, 0.05) is 17.6 Å². The van der Waals surface area contributed by atoms with Crippen LogP contribution in [0.1, 0.15) is 50.8 Å². The minimum Gasteiger partial charge on any atom is -0.361 e. The molecule has 0 radical (unpaired) electrons. The molecule has 5 rings (SSSR count). The third-order valence-corrected chi connectivity index (χ3v) is 5.90. The maximum absolute atomic E-state index is 7.41. The molecule has 1 unspecified atom stereocenters. The van der Waals surface area contributed by atoms with Crippen LogP contribution in [0, 0.1) is 11.4 Å². The Bertz CT molecular complexity index is 1230. The van der Waals surface area contributed by atoms with E-state index in [1.165, 1.54) is 12.8 Å². The average Bonchev–Trinajstić information content (AvgIpc) is 3.54. The summed E-state index contributed by atoms with van der Waals surface area (Å²) in [6.07, 6.45) is 6.96. The van der Waals surface area contributed by atoms with Gasteiger partial charge in [0.2, 0.25) is 0 Å². The molecule has 1 aliphatic rings. The molecule has 1 aliphatic carbocycles. The molecule has 0 saturated heterocycles. The van der Waals surface area contributed by atoms with Gasteiger partial charge in [-0.25, -0.2) is 10.5 Å². The van der Waals surface area contributed by atoms with Crippen LogP contribution in [0.2, 0.25) is 0 Å². The first-order valence-corrected chi connectivity index (χ1v) is 10.4. The third kappa shape index (κ3) is 3.28. The number of fused-ring (bicyclic) bond motifs is 2. The lowest BCUT2D eigenvalue weighted by Crippen LogP contribution is -2.16. The van der Waals surface area contributed by atoms with Crippen LogP contribution in [0.15, 0.2) is 47.8 Å². The van der Waals surface area contributed by atoms with Crippen molar-refractivity contribution in [1.29, 1.82) is 5.53 Å². The zero-order chi connectivity index (χ0) is 20.7. The Morgan fingerprint density at radius 2 is 2.03 bits per heavy atom. The topological polar surface area (TPSA) is 105 Å². The first-order valence-electron chi connectivity index (χ1n) is 10.4. The Balaban J connectivity index is 1.61. The molecule has 8 nitrogen and oxygen atoms in total. The van der Waals surface area contributed by atoms with Gasteiger partial charge < -0.3 is 5.32 Å². The van der Waals surface area contributed by atoms with Crippen LogP contribution in [-0.2, 0) is 0 Å². The molecule has 2 atom stereocenters. The van der Waals surface area contributed by atoms with Gasteiger partial charge in [-0.15, -0.1) is 5.11 Å². The summed E-state index contributed by atoms with van der Waals surface area (Å²) in [7, 11) is 0. The number of anilines is 1. The minimum atomic E-state index is 0.0825. The van der Waals surface area contributed by atoms with Gasteiger partial charge in [-0.1, -0.05) is 25.1 Å². The van der Waals surface area contributed by atoms with Gasteiger partial charge in [-0.2, -0.15) is 10.1 Å². The molecule has 30 heavy (non-hydrogen) atoms. The standard InChI is InChI=1S/C22H24N8/c1-3-13(2)30-20-18(12-25-30)26-22(29-23)28-21(20)27-19(14-8-9-14)16-10-15-6-4-5-7-17(15)24-11-16/h4-7,10-14,19,23H,3,8-9H2,1-2H3,(H,26,27,28)/t13?,19-/m1/s1. The summed E-state index contributed by atoms with van der Waals surface area (Å²) < 4.78 is 1.97. The van der Waals surface area contributed by atoms with Gasteiger partial charge in [0.15, 0.2) is 5.82 Å². The fourth-order valence-electron chi connectivity index (χ4n) is 3.92. The SMILES string of the molecule is CCC(C)n1ncc2nc(N=N)nc(N[C@@H](c3cnc4ccccc4c3)C3CC3)c21. The quantitative estimate of drug-likeness (QED) is 0.395. The molecule has 0 aliphatic heterocycles. The van der Waals surface area contributed by atoms with Crippen molar-refractivity contribution in [2.45, 2.75) is 45.2 Å². The number of hydrogen-bond acceptors (Lipinski definition) is 7. The molecule has 2 N–H and O–H groups in total. The van der Waals surface area contributed by atoms with Crippen LogP contribution < -0.4 is 5.32 Å². The summed E-state index contributed by atoms with van der Waals surface area (Å²) in [6.45, 7) is 4.26. The molecule has 0 amide bonds. The fourth-order valence-corrected chi connectivity index (χ4v) is 3.92. The van der Waals surface area contributed by atoms with Gasteiger partial charge in [0.25, 0.3) is 5.95 Å². The normalized spacial score (nSPS) is 15.9. The van der Waals surface area contributed by atoms with Crippen molar-refractivity contribution in [3.8, 4) is 0 Å². The predicted molar refractivity (Wildman–Crippen MR) is 116 cm³/mol. The number of nitrogens with one attached hydrogen (secondary N) is 2. The second-order valence-corrected chi connectivity index (χ2v) is 7.99. The Labute approximate surface area is 174 Å². The number of para-hydroxylation sites is 1. The average molecular weight is 400 g/mol. The highest BCUT2D eigenvalue weighted by atomic mass is 15.3. The second-order valence-electron chi connectivity index (χ2n) is 7.99. The van der Waals surface area contributed by atoms with E-state index in [4.69, 9.17) is 5.53 Å². The molecule has 1 saturated carbocycles. The Hall–Kier alpha value is -3.42. The summed E-state index contributed by atoms with van der Waals surface area (Å²) in [5.74, 6) is 1.34. The number of nitrogens with zero attached hydrogens (tertiary/aromatic N) is 6. The number of hydrogen-bond donors (Lipinski definition) is 2. The molecule has 4 aromatic rings. The van der Waals surface area contributed by atoms with Crippen LogP contribution in [-0.4, -0.2) is 24.7 Å². The third-order valence-electron chi connectivity index (χ3n) is 5.90. The van der Waals surface area contributed by atoms with Crippen LogP contribution in [0.3, 0.4) is 0 Å². The highest BCUT2D eigenvalue weighted by Gasteiger charge is 2.34. The number of aromatic nitrogens is 5. The van der Waals surface area contributed by atoms with E-state index >= 15 is 0 Å². The van der Waals surface area contributed by atoms with Crippen molar-refractivity contribution in [3.05, 3.63) is 48.3 Å². The molecule has 8 heteroatoms. The van der Waals surface area contributed by atoms with E-state index in [0.717, 1.165) is 28.4 Å². The van der Waals surface area contributed by atoms with E-state index < -0.39 is 0 Å². The lowest BCUT2D eigenvalue weighted by Gasteiger charge is -2.21. The highest BCUT2D eigenvalue weighted by molar-refractivity contribution is 5.87. The maximum Gasteiger partial charge on any atom is 0.270 e. The largest absolute Gasteiger partial charge is 0.361 e. The molecule has 1 aromatic carbocycles. The van der Waals surface area contributed by atoms with Crippen molar-refractivity contribution in [2.75, 3.05) is 5.32 Å². The molecule has 152 valence electrons. The van der Waals surface area contributed by atoms with Crippen molar-refractivity contribution in [3.63, 3.8) is 0 Å². The highest BCUT2D eigenvalue weighted by Crippen LogP contribution is 2.44. The zero-order valence-corrected chi connectivity index (χ0v) is 17.1. The van der Waals surface area contributed by atoms with E-state index in [-0.39, 0.29) is 18.0 Å². The number of rotatable bonds is 7. The van der Waals surface area contributed by atoms with Crippen molar-refractivity contribution in [2.24, 2.45) is 11.0 Å². The Kier molecular flexibility index (Phi) is 4.61. The lowest BCUT2D eigenvalue weighted by atomic mass is 10.0. The van der Waals surface area contributed by atoms with Crippen LogP contribution in [0.5, 0.6) is 0 Å². The number of benzene rings is 1. The second kappa shape index (κ2) is 7.44. The smallest absolute Gasteiger partial charge is 0.270 e. The zero-order valence-electron chi connectivity index (χ0n) is 17.1. The maximum atomic E-state index is 7.41. The molecule has 3 aromatic heterocycles. The van der Waals surface area contributed by atoms with Crippen molar-refractivity contribution >= 4 is 33.7 Å². The van der Waals surface area contributed by atoms with Crippen LogP contribution >= 0.6 is 0 Å². The summed E-state index contributed by atoms with van der Waals surface area (Å²) >= 11 is 0. The summed E-state index contributed by atoms with van der Waals surface area (Å²) in [6, 6.07) is 10.7. The van der Waals surface area contributed by atoms with E-state index in [1.807, 2.05) is 29.1 Å². The van der Waals surface area contributed by atoms with Gasteiger partial charge in [0.1, 0.15) is 11.0 Å². The van der Waals surface area contributed by atoms with E-state index in [9.17, 15) is 0 Å². The molecule has 0 bridgehead atoms. The van der Waals surface area contributed by atoms with Crippen molar-refractivity contribution < 1.29 is 0 Å². The number of pyridine rings is 1. The van der Waals surface area contributed by atoms with Crippen LogP contribution in [0.4, 0.5) is 11.8 Å². The lowest BCUT2D eigenvalue weighted by molar-refractivity contribution is 0.492. The summed E-state index contributed by atoms with van der Waals surface area (Å²) in [5.41, 5.74) is 11.1. The first kappa shape index (κ1) is 18.6. The Morgan fingerprint density at radius 1 is 1.20 bits per heavy atom. The summed E-state index contributed by atoms with van der Waals surface area (Å²) in [4.78, 5) is 13.6. The molecule has 1 fully saturated rings. The Morgan fingerprint density at radius 3 is 2.80 bits per heavy atom. The van der Waals surface area contributed by atoms with Crippen molar-refractivity contribution in [1.82, 2.24) is 24.7 Å². The first-order chi connectivity index (χ1) is 14.7. The molecule has 3 heterocycles. The monoisotopic (exact) mass is 400 g/mol. The fraction of sp³-hybridized carbons (Fsp3) is 0.364. The van der Waals surface area contributed by atoms with Gasteiger partial charge in [0.05, 0.1) is 17.8 Å². The van der Waals surface area contributed by atoms with Gasteiger partial charge in [-0.05, 0) is 49.8 Å². The molecule has 0 spiro atoms.